The molecule has 0 saturated heterocycles. The van der Waals surface area contributed by atoms with Crippen molar-refractivity contribution in [2.45, 2.75) is 26.3 Å². The Bertz CT molecular complexity index is 673. The summed E-state index contributed by atoms with van der Waals surface area (Å²) in [5, 5.41) is 14.6. The molecule has 0 atom stereocenters. The standard InChI is InChI=1S/C17H21N3O3S/c1-2-3-9-18-17-19-14(12-24-17)16(23)20(11-15(21)22)10-13-7-5-4-6-8-13/h4-8,12H,2-3,9-11H2,1H3,(H,18,19)(H,21,22). The van der Waals surface area contributed by atoms with Gasteiger partial charge in [0, 0.05) is 18.5 Å². The van der Waals surface area contributed by atoms with Crippen molar-refractivity contribution in [3.8, 4) is 0 Å². The maximum atomic E-state index is 12.6. The fourth-order valence-corrected chi connectivity index (χ4v) is 2.87. The third-order valence-corrected chi connectivity index (χ3v) is 4.16. The van der Waals surface area contributed by atoms with Crippen LogP contribution in [-0.4, -0.2) is 40.0 Å². The molecule has 2 rings (SSSR count). The Hall–Kier alpha value is -2.41. The van der Waals surface area contributed by atoms with E-state index in [0.29, 0.717) is 5.13 Å². The van der Waals surface area contributed by atoms with Crippen LogP contribution in [0.4, 0.5) is 5.13 Å². The van der Waals surface area contributed by atoms with Crippen LogP contribution in [-0.2, 0) is 11.3 Å². The van der Waals surface area contributed by atoms with Crippen LogP contribution in [0, 0.1) is 0 Å². The number of anilines is 1. The summed E-state index contributed by atoms with van der Waals surface area (Å²) in [7, 11) is 0. The zero-order valence-corrected chi connectivity index (χ0v) is 14.4. The fourth-order valence-electron chi connectivity index (χ4n) is 2.15. The van der Waals surface area contributed by atoms with Crippen molar-refractivity contribution in [3.63, 3.8) is 0 Å². The maximum Gasteiger partial charge on any atom is 0.323 e. The van der Waals surface area contributed by atoms with Crippen molar-refractivity contribution in [2.75, 3.05) is 18.4 Å². The molecule has 1 aromatic carbocycles. The van der Waals surface area contributed by atoms with Gasteiger partial charge in [-0.25, -0.2) is 4.98 Å². The Balaban J connectivity index is 2.08. The largest absolute Gasteiger partial charge is 0.480 e. The number of aromatic nitrogens is 1. The zero-order valence-electron chi connectivity index (χ0n) is 13.6. The number of nitrogens with zero attached hydrogens (tertiary/aromatic N) is 2. The number of carbonyl (C=O) groups excluding carboxylic acids is 1. The number of carbonyl (C=O) groups is 2. The van der Waals surface area contributed by atoms with Gasteiger partial charge in [0.25, 0.3) is 5.91 Å². The molecule has 2 aromatic rings. The lowest BCUT2D eigenvalue weighted by molar-refractivity contribution is -0.137. The first-order valence-corrected chi connectivity index (χ1v) is 8.72. The minimum atomic E-state index is -1.05. The van der Waals surface area contributed by atoms with Crippen molar-refractivity contribution < 1.29 is 14.7 Å². The third kappa shape index (κ3) is 5.34. The quantitative estimate of drug-likeness (QED) is 0.681. The molecule has 1 amide bonds. The Kier molecular flexibility index (Phi) is 6.74. The fraction of sp³-hybridized carbons (Fsp3) is 0.353. The summed E-state index contributed by atoms with van der Waals surface area (Å²) in [6, 6.07) is 9.32. The van der Waals surface area contributed by atoms with E-state index >= 15 is 0 Å². The number of carboxylic acids is 1. The van der Waals surface area contributed by atoms with Crippen molar-refractivity contribution in [1.82, 2.24) is 9.88 Å². The first kappa shape index (κ1) is 17.9. The van der Waals surface area contributed by atoms with E-state index < -0.39 is 5.97 Å². The number of hydrogen-bond acceptors (Lipinski definition) is 5. The van der Waals surface area contributed by atoms with Gasteiger partial charge in [0.2, 0.25) is 0 Å². The van der Waals surface area contributed by atoms with Gasteiger partial charge in [0.05, 0.1) is 0 Å². The Morgan fingerprint density at radius 2 is 2.04 bits per heavy atom. The maximum absolute atomic E-state index is 12.6. The monoisotopic (exact) mass is 347 g/mol. The van der Waals surface area contributed by atoms with Crippen molar-refractivity contribution in [2.24, 2.45) is 0 Å². The molecule has 0 aliphatic heterocycles. The van der Waals surface area contributed by atoms with Crippen LogP contribution < -0.4 is 5.32 Å². The summed E-state index contributed by atoms with van der Waals surface area (Å²) in [6.07, 6.45) is 2.11. The van der Waals surface area contributed by atoms with Gasteiger partial charge in [-0.1, -0.05) is 43.7 Å². The highest BCUT2D eigenvalue weighted by atomic mass is 32.1. The number of carboxylic acid groups (broad SMARTS) is 1. The number of aliphatic carboxylic acids is 1. The highest BCUT2D eigenvalue weighted by molar-refractivity contribution is 7.13. The van der Waals surface area contributed by atoms with Gasteiger partial charge in [0.15, 0.2) is 5.13 Å². The molecule has 2 N–H and O–H groups in total. The molecule has 0 spiro atoms. The molecule has 0 fully saturated rings. The number of nitrogens with one attached hydrogen (secondary N) is 1. The van der Waals surface area contributed by atoms with Crippen LogP contribution in [0.2, 0.25) is 0 Å². The van der Waals surface area contributed by atoms with E-state index in [1.54, 1.807) is 5.38 Å². The minimum absolute atomic E-state index is 0.238. The Morgan fingerprint density at radius 1 is 1.29 bits per heavy atom. The SMILES string of the molecule is CCCCNc1nc(C(=O)N(CC(=O)O)Cc2ccccc2)cs1. The normalized spacial score (nSPS) is 10.4. The first-order valence-electron chi connectivity index (χ1n) is 7.84. The molecule has 1 aromatic heterocycles. The highest BCUT2D eigenvalue weighted by Gasteiger charge is 2.21. The van der Waals surface area contributed by atoms with E-state index in [9.17, 15) is 9.59 Å². The number of thiazole rings is 1. The molecular weight excluding hydrogens is 326 g/mol. The van der Waals surface area contributed by atoms with Crippen molar-refractivity contribution in [1.29, 1.82) is 0 Å². The average molecular weight is 347 g/mol. The van der Waals surface area contributed by atoms with Crippen LogP contribution in [0.5, 0.6) is 0 Å². The molecule has 1 heterocycles. The average Bonchev–Trinajstić information content (AvgIpc) is 3.03. The van der Waals surface area contributed by atoms with Gasteiger partial charge >= 0.3 is 5.97 Å². The summed E-state index contributed by atoms with van der Waals surface area (Å²) in [5.74, 6) is -1.42. The Labute approximate surface area is 145 Å². The molecule has 0 saturated carbocycles. The molecule has 7 heteroatoms. The van der Waals surface area contributed by atoms with Crippen LogP contribution >= 0.6 is 11.3 Å². The van der Waals surface area contributed by atoms with Gasteiger partial charge in [-0.3, -0.25) is 9.59 Å². The van der Waals surface area contributed by atoms with E-state index in [2.05, 4.69) is 17.2 Å². The van der Waals surface area contributed by atoms with E-state index in [1.807, 2.05) is 30.3 Å². The molecule has 0 bridgehead atoms. The molecule has 128 valence electrons. The van der Waals surface area contributed by atoms with E-state index in [-0.39, 0.29) is 24.7 Å². The van der Waals surface area contributed by atoms with Crippen LogP contribution in [0.25, 0.3) is 0 Å². The molecular formula is C17H21N3O3S. The molecule has 0 aliphatic rings. The number of rotatable bonds is 9. The van der Waals surface area contributed by atoms with Crippen LogP contribution in [0.15, 0.2) is 35.7 Å². The van der Waals surface area contributed by atoms with Crippen molar-refractivity contribution in [3.05, 3.63) is 47.0 Å². The predicted molar refractivity (Wildman–Crippen MR) is 94.3 cm³/mol. The third-order valence-electron chi connectivity index (χ3n) is 3.36. The molecule has 0 aliphatic carbocycles. The minimum Gasteiger partial charge on any atom is -0.480 e. The molecule has 24 heavy (non-hydrogen) atoms. The van der Waals surface area contributed by atoms with Crippen LogP contribution in [0.3, 0.4) is 0 Å². The second-order valence-corrected chi connectivity index (χ2v) is 6.22. The second kappa shape index (κ2) is 9.02. The summed E-state index contributed by atoms with van der Waals surface area (Å²) in [6.45, 7) is 2.79. The lowest BCUT2D eigenvalue weighted by Crippen LogP contribution is -2.35. The van der Waals surface area contributed by atoms with Gasteiger partial charge in [-0.05, 0) is 12.0 Å². The summed E-state index contributed by atoms with van der Waals surface area (Å²) < 4.78 is 0. The molecule has 6 nitrogen and oxygen atoms in total. The number of amides is 1. The first-order chi connectivity index (χ1) is 11.6. The van der Waals surface area contributed by atoms with E-state index in [0.717, 1.165) is 24.9 Å². The lowest BCUT2D eigenvalue weighted by atomic mass is 10.2. The number of benzene rings is 1. The predicted octanol–water partition coefficient (Wildman–Crippen LogP) is 3.08. The smallest absolute Gasteiger partial charge is 0.323 e. The second-order valence-electron chi connectivity index (χ2n) is 5.36. The lowest BCUT2D eigenvalue weighted by Gasteiger charge is -2.19. The Morgan fingerprint density at radius 3 is 2.71 bits per heavy atom. The van der Waals surface area contributed by atoms with Gasteiger partial charge in [0.1, 0.15) is 12.2 Å². The number of hydrogen-bond donors (Lipinski definition) is 2. The van der Waals surface area contributed by atoms with E-state index in [4.69, 9.17) is 5.11 Å². The van der Waals surface area contributed by atoms with Gasteiger partial charge < -0.3 is 15.3 Å². The summed E-state index contributed by atoms with van der Waals surface area (Å²) in [5.41, 5.74) is 1.15. The van der Waals surface area contributed by atoms with E-state index in [1.165, 1.54) is 16.2 Å². The summed E-state index contributed by atoms with van der Waals surface area (Å²) >= 11 is 1.35. The topological polar surface area (TPSA) is 82.5 Å². The molecule has 0 radical (unpaired) electrons. The van der Waals surface area contributed by atoms with Crippen LogP contribution in [0.1, 0.15) is 35.8 Å². The molecule has 0 unspecified atom stereocenters. The van der Waals surface area contributed by atoms with Gasteiger partial charge in [-0.15, -0.1) is 11.3 Å². The summed E-state index contributed by atoms with van der Waals surface area (Å²) in [4.78, 5) is 29.3. The number of unbranched alkanes of at least 4 members (excludes halogenated alkanes) is 1. The highest BCUT2D eigenvalue weighted by Crippen LogP contribution is 2.18. The zero-order chi connectivity index (χ0) is 17.4. The van der Waals surface area contributed by atoms with Gasteiger partial charge in [-0.2, -0.15) is 0 Å². The van der Waals surface area contributed by atoms with Crippen molar-refractivity contribution >= 4 is 28.3 Å².